The van der Waals surface area contributed by atoms with Gasteiger partial charge in [-0.15, -0.1) is 11.3 Å². The van der Waals surface area contributed by atoms with Crippen LogP contribution in [0.5, 0.6) is 0 Å². The molecule has 0 saturated heterocycles. The standard InChI is InChI=1S/C11H12NS/c1-2-5-10(4-1)8-12-9-11-6-3-7-13-11/h1-7,12H,8-9H2/q-1. The maximum absolute atomic E-state index is 3.40. The first kappa shape index (κ1) is 8.60. The van der Waals surface area contributed by atoms with Crippen LogP contribution in [-0.4, -0.2) is 0 Å². The van der Waals surface area contributed by atoms with Crippen molar-refractivity contribution in [2.24, 2.45) is 0 Å². The average molecular weight is 190 g/mol. The van der Waals surface area contributed by atoms with E-state index in [4.69, 9.17) is 0 Å². The Morgan fingerprint density at radius 2 is 2.31 bits per heavy atom. The predicted molar refractivity (Wildman–Crippen MR) is 56.9 cm³/mol. The molecule has 2 rings (SSSR count). The topological polar surface area (TPSA) is 12.0 Å². The van der Waals surface area contributed by atoms with Crippen molar-refractivity contribution in [3.63, 3.8) is 0 Å². The monoisotopic (exact) mass is 190 g/mol. The van der Waals surface area contributed by atoms with Crippen molar-refractivity contribution >= 4 is 11.3 Å². The highest BCUT2D eigenvalue weighted by Crippen LogP contribution is 2.08. The lowest BCUT2D eigenvalue weighted by atomic mass is 10.3. The Balaban J connectivity index is 1.76. The van der Waals surface area contributed by atoms with Crippen molar-refractivity contribution in [3.05, 3.63) is 52.2 Å². The molecule has 0 saturated carbocycles. The Kier molecular flexibility index (Phi) is 2.85. The predicted octanol–water partition coefficient (Wildman–Crippen LogP) is 2.76. The molecule has 2 heteroatoms. The zero-order chi connectivity index (χ0) is 8.93. The van der Waals surface area contributed by atoms with Crippen molar-refractivity contribution in [1.29, 1.82) is 0 Å². The fourth-order valence-electron chi connectivity index (χ4n) is 1.27. The number of rotatable bonds is 4. The second kappa shape index (κ2) is 4.30. The van der Waals surface area contributed by atoms with Crippen LogP contribution in [0.1, 0.15) is 10.4 Å². The molecule has 0 atom stereocenters. The average Bonchev–Trinajstić information content (AvgIpc) is 2.75. The van der Waals surface area contributed by atoms with Crippen LogP contribution in [0.3, 0.4) is 0 Å². The SMILES string of the molecule is c1csc(CNCc2cc[cH-]c2)c1. The van der Waals surface area contributed by atoms with E-state index in [0.29, 0.717) is 0 Å². The molecule has 0 fully saturated rings. The molecule has 1 nitrogen and oxygen atoms in total. The Morgan fingerprint density at radius 3 is 3.00 bits per heavy atom. The van der Waals surface area contributed by atoms with Gasteiger partial charge in [0.15, 0.2) is 0 Å². The molecule has 0 bridgehead atoms. The van der Waals surface area contributed by atoms with Gasteiger partial charge in [0.05, 0.1) is 0 Å². The van der Waals surface area contributed by atoms with E-state index in [-0.39, 0.29) is 0 Å². The van der Waals surface area contributed by atoms with Gasteiger partial charge in [-0.05, 0) is 18.0 Å². The first-order valence-electron chi connectivity index (χ1n) is 4.39. The molecule has 1 N–H and O–H groups in total. The van der Waals surface area contributed by atoms with Gasteiger partial charge in [-0.2, -0.15) is 23.8 Å². The van der Waals surface area contributed by atoms with Crippen LogP contribution in [0.15, 0.2) is 41.8 Å². The summed E-state index contributed by atoms with van der Waals surface area (Å²) in [6.07, 6.45) is 0. The van der Waals surface area contributed by atoms with Crippen LogP contribution in [-0.2, 0) is 13.1 Å². The summed E-state index contributed by atoms with van der Waals surface area (Å²) in [5, 5.41) is 5.51. The molecule has 1 heterocycles. The summed E-state index contributed by atoms with van der Waals surface area (Å²) in [7, 11) is 0. The highest BCUT2D eigenvalue weighted by Gasteiger charge is 1.90. The van der Waals surface area contributed by atoms with Gasteiger partial charge in [0, 0.05) is 11.4 Å². The van der Waals surface area contributed by atoms with Crippen LogP contribution in [0.2, 0.25) is 0 Å². The van der Waals surface area contributed by atoms with E-state index in [9.17, 15) is 0 Å². The first-order chi connectivity index (χ1) is 6.45. The van der Waals surface area contributed by atoms with Gasteiger partial charge < -0.3 is 5.32 Å². The lowest BCUT2D eigenvalue weighted by Gasteiger charge is -2.05. The summed E-state index contributed by atoms with van der Waals surface area (Å²) < 4.78 is 0. The maximum Gasteiger partial charge on any atom is 0.0292 e. The molecule has 1 aromatic heterocycles. The van der Waals surface area contributed by atoms with Crippen molar-refractivity contribution in [1.82, 2.24) is 5.32 Å². The zero-order valence-electron chi connectivity index (χ0n) is 7.36. The van der Waals surface area contributed by atoms with E-state index >= 15 is 0 Å². The Bertz CT molecular complexity index is 287. The van der Waals surface area contributed by atoms with E-state index in [2.05, 4.69) is 47.1 Å². The summed E-state index contributed by atoms with van der Waals surface area (Å²) in [5.74, 6) is 0. The second-order valence-corrected chi connectivity index (χ2v) is 4.01. The summed E-state index contributed by atoms with van der Waals surface area (Å²) in [5.41, 5.74) is 1.36. The minimum absolute atomic E-state index is 0.963. The smallest absolute Gasteiger partial charge is 0.0292 e. The summed E-state index contributed by atoms with van der Waals surface area (Å²) in [6, 6.07) is 12.7. The molecular weight excluding hydrogens is 178 g/mol. The Morgan fingerprint density at radius 1 is 1.31 bits per heavy atom. The lowest BCUT2D eigenvalue weighted by molar-refractivity contribution is 0.702. The summed E-state index contributed by atoms with van der Waals surface area (Å²) >= 11 is 1.80. The molecule has 68 valence electrons. The molecule has 0 aliphatic rings. The van der Waals surface area contributed by atoms with E-state index in [1.807, 2.05) is 0 Å². The van der Waals surface area contributed by atoms with Crippen LogP contribution < -0.4 is 5.32 Å². The zero-order valence-corrected chi connectivity index (χ0v) is 8.18. The molecular formula is C11H12NS-. The normalized spacial score (nSPS) is 10.5. The first-order valence-corrected chi connectivity index (χ1v) is 5.27. The summed E-state index contributed by atoms with van der Waals surface area (Å²) in [4.78, 5) is 1.39. The van der Waals surface area contributed by atoms with E-state index in [1.165, 1.54) is 10.4 Å². The Labute approximate surface area is 82.4 Å². The van der Waals surface area contributed by atoms with Crippen molar-refractivity contribution in [2.45, 2.75) is 13.1 Å². The second-order valence-electron chi connectivity index (χ2n) is 2.98. The third-order valence-corrected chi connectivity index (χ3v) is 2.82. The highest BCUT2D eigenvalue weighted by atomic mass is 32.1. The van der Waals surface area contributed by atoms with E-state index in [1.54, 1.807) is 11.3 Å². The molecule has 1 aromatic carbocycles. The largest absolute Gasteiger partial charge is 0.320 e. The van der Waals surface area contributed by atoms with E-state index < -0.39 is 0 Å². The molecule has 0 amide bonds. The van der Waals surface area contributed by atoms with Crippen LogP contribution in [0.4, 0.5) is 0 Å². The minimum atomic E-state index is 0.963. The highest BCUT2D eigenvalue weighted by molar-refractivity contribution is 7.09. The number of thiophene rings is 1. The van der Waals surface area contributed by atoms with Gasteiger partial charge in [0.25, 0.3) is 0 Å². The fourth-order valence-corrected chi connectivity index (χ4v) is 1.95. The molecule has 0 radical (unpaired) electrons. The number of hydrogen-bond donors (Lipinski definition) is 1. The quantitative estimate of drug-likeness (QED) is 0.731. The lowest BCUT2D eigenvalue weighted by Crippen LogP contribution is -2.10. The van der Waals surface area contributed by atoms with Gasteiger partial charge in [0.1, 0.15) is 0 Å². The van der Waals surface area contributed by atoms with Crippen LogP contribution >= 0.6 is 11.3 Å². The Hall–Kier alpha value is -0.990. The molecule has 2 aromatic rings. The number of nitrogens with one attached hydrogen (secondary N) is 1. The molecule has 13 heavy (non-hydrogen) atoms. The maximum atomic E-state index is 3.40. The van der Waals surface area contributed by atoms with Crippen molar-refractivity contribution < 1.29 is 0 Å². The van der Waals surface area contributed by atoms with Crippen molar-refractivity contribution in [2.75, 3.05) is 0 Å². The molecule has 0 aliphatic heterocycles. The van der Waals surface area contributed by atoms with Gasteiger partial charge in [-0.1, -0.05) is 6.07 Å². The summed E-state index contributed by atoms with van der Waals surface area (Å²) in [6.45, 7) is 1.94. The van der Waals surface area contributed by atoms with Crippen LogP contribution in [0.25, 0.3) is 0 Å². The molecule has 0 unspecified atom stereocenters. The van der Waals surface area contributed by atoms with E-state index in [0.717, 1.165) is 13.1 Å². The van der Waals surface area contributed by atoms with Crippen LogP contribution in [0, 0.1) is 0 Å². The van der Waals surface area contributed by atoms with Gasteiger partial charge in [0.2, 0.25) is 0 Å². The van der Waals surface area contributed by atoms with Gasteiger partial charge in [-0.3, -0.25) is 0 Å². The van der Waals surface area contributed by atoms with Crippen molar-refractivity contribution in [3.8, 4) is 0 Å². The molecule has 0 spiro atoms. The fraction of sp³-hybridized carbons (Fsp3) is 0.182. The third-order valence-electron chi connectivity index (χ3n) is 1.94. The third kappa shape index (κ3) is 2.47. The molecule has 0 aliphatic carbocycles. The number of hydrogen-bond acceptors (Lipinski definition) is 2. The van der Waals surface area contributed by atoms with Gasteiger partial charge in [-0.25, -0.2) is 6.07 Å². The minimum Gasteiger partial charge on any atom is -0.320 e. The van der Waals surface area contributed by atoms with Gasteiger partial charge >= 0.3 is 0 Å².